The van der Waals surface area contributed by atoms with Crippen molar-refractivity contribution in [3.63, 3.8) is 0 Å². The van der Waals surface area contributed by atoms with Crippen molar-refractivity contribution in [3.05, 3.63) is 17.5 Å². The molecule has 2 N–H and O–H groups in total. The lowest BCUT2D eigenvalue weighted by atomic mass is 9.97. The Morgan fingerprint density at radius 1 is 1.46 bits per heavy atom. The van der Waals surface area contributed by atoms with Crippen LogP contribution in [-0.2, 0) is 25.6 Å². The molecule has 134 valence electrons. The Morgan fingerprint density at radius 2 is 2.21 bits per heavy atom. The fourth-order valence-electron chi connectivity index (χ4n) is 3.14. The highest BCUT2D eigenvalue weighted by Crippen LogP contribution is 2.23. The van der Waals surface area contributed by atoms with Gasteiger partial charge in [0.05, 0.1) is 31.9 Å². The van der Waals surface area contributed by atoms with Gasteiger partial charge in [0.1, 0.15) is 5.60 Å². The molecule has 1 saturated heterocycles. The quantitative estimate of drug-likeness (QED) is 0.755. The van der Waals surface area contributed by atoms with Crippen LogP contribution in [0.2, 0.25) is 0 Å². The summed E-state index contributed by atoms with van der Waals surface area (Å²) in [7, 11) is 1.54. The minimum atomic E-state index is -0.854. The molecule has 1 aliphatic heterocycles. The van der Waals surface area contributed by atoms with E-state index < -0.39 is 11.5 Å². The molecule has 1 aliphatic rings. The molecule has 0 spiro atoms. The zero-order chi connectivity index (χ0) is 17.7. The standard InChI is InChI=1S/C16H26N4O4/c1-12-8-13(2)20(18-12)5-4-15(22)19-6-7-24-16(10-19,11-23-3)9-14(17)21/h8H,4-7,9-11H2,1-3H3,(H2,17,21)/t16-/m0/s1. The van der Waals surface area contributed by atoms with Crippen LogP contribution < -0.4 is 5.73 Å². The Kier molecular flexibility index (Phi) is 5.95. The summed E-state index contributed by atoms with van der Waals surface area (Å²) in [6.07, 6.45) is 0.379. The molecule has 8 nitrogen and oxygen atoms in total. The van der Waals surface area contributed by atoms with Crippen LogP contribution in [0.5, 0.6) is 0 Å². The number of morpholine rings is 1. The summed E-state index contributed by atoms with van der Waals surface area (Å²) >= 11 is 0. The maximum absolute atomic E-state index is 12.5. The second kappa shape index (κ2) is 7.76. The number of hydrogen-bond acceptors (Lipinski definition) is 5. The normalized spacial score (nSPS) is 21.0. The van der Waals surface area contributed by atoms with Crippen LogP contribution in [0.4, 0.5) is 0 Å². The van der Waals surface area contributed by atoms with Crippen LogP contribution in [-0.4, -0.2) is 65.5 Å². The number of rotatable bonds is 7. The highest BCUT2D eigenvalue weighted by Gasteiger charge is 2.39. The summed E-state index contributed by atoms with van der Waals surface area (Å²) in [6.45, 7) is 5.81. The molecule has 1 aromatic heterocycles. The van der Waals surface area contributed by atoms with Crippen molar-refractivity contribution in [3.8, 4) is 0 Å². The molecular formula is C16H26N4O4. The van der Waals surface area contributed by atoms with Gasteiger partial charge in [0.15, 0.2) is 0 Å². The van der Waals surface area contributed by atoms with E-state index in [9.17, 15) is 9.59 Å². The molecule has 0 aliphatic carbocycles. The second-order valence-corrected chi connectivity index (χ2v) is 6.32. The number of aromatic nitrogens is 2. The summed E-state index contributed by atoms with van der Waals surface area (Å²) in [6, 6.07) is 1.98. The van der Waals surface area contributed by atoms with Gasteiger partial charge in [-0.2, -0.15) is 5.10 Å². The van der Waals surface area contributed by atoms with E-state index in [1.54, 1.807) is 4.90 Å². The molecule has 0 radical (unpaired) electrons. The molecular weight excluding hydrogens is 312 g/mol. The SMILES string of the molecule is COC[C@]1(CC(N)=O)CN(C(=O)CCn2nc(C)cc2C)CCO1. The predicted molar refractivity (Wildman–Crippen MR) is 87.3 cm³/mol. The van der Waals surface area contributed by atoms with Crippen LogP contribution in [0.3, 0.4) is 0 Å². The molecule has 0 unspecified atom stereocenters. The molecule has 0 aromatic carbocycles. The number of nitrogens with two attached hydrogens (primary N) is 1. The van der Waals surface area contributed by atoms with E-state index in [0.29, 0.717) is 32.7 Å². The van der Waals surface area contributed by atoms with Crippen molar-refractivity contribution < 1.29 is 19.1 Å². The first-order valence-electron chi connectivity index (χ1n) is 8.05. The molecule has 8 heteroatoms. The van der Waals surface area contributed by atoms with Gasteiger partial charge in [0.2, 0.25) is 11.8 Å². The van der Waals surface area contributed by atoms with Crippen molar-refractivity contribution in [2.75, 3.05) is 33.4 Å². The van der Waals surface area contributed by atoms with Crippen molar-refractivity contribution in [2.24, 2.45) is 5.73 Å². The third-order valence-electron chi connectivity index (χ3n) is 4.15. The van der Waals surface area contributed by atoms with E-state index >= 15 is 0 Å². The van der Waals surface area contributed by atoms with Crippen LogP contribution >= 0.6 is 0 Å². The van der Waals surface area contributed by atoms with Gasteiger partial charge in [-0.25, -0.2) is 0 Å². The smallest absolute Gasteiger partial charge is 0.224 e. The Morgan fingerprint density at radius 3 is 2.79 bits per heavy atom. The van der Waals surface area contributed by atoms with Gasteiger partial charge < -0.3 is 20.1 Å². The molecule has 1 fully saturated rings. The van der Waals surface area contributed by atoms with E-state index in [-0.39, 0.29) is 18.9 Å². The lowest BCUT2D eigenvalue weighted by molar-refractivity contribution is -0.166. The summed E-state index contributed by atoms with van der Waals surface area (Å²) in [5, 5.41) is 4.36. The van der Waals surface area contributed by atoms with Gasteiger partial charge in [-0.05, 0) is 19.9 Å². The molecule has 2 amide bonds. The number of primary amides is 1. The second-order valence-electron chi connectivity index (χ2n) is 6.32. The van der Waals surface area contributed by atoms with Crippen molar-refractivity contribution in [1.29, 1.82) is 0 Å². The van der Waals surface area contributed by atoms with E-state index in [0.717, 1.165) is 11.4 Å². The Balaban J connectivity index is 1.98. The lowest BCUT2D eigenvalue weighted by Crippen LogP contribution is -2.57. The molecule has 1 atom stereocenters. The fraction of sp³-hybridized carbons (Fsp3) is 0.688. The average Bonchev–Trinajstić information content (AvgIpc) is 2.82. The Bertz CT molecular complexity index is 597. The number of ether oxygens (including phenoxy) is 2. The molecule has 24 heavy (non-hydrogen) atoms. The summed E-state index contributed by atoms with van der Waals surface area (Å²) in [4.78, 5) is 25.6. The van der Waals surface area contributed by atoms with Gasteiger partial charge in [-0.3, -0.25) is 14.3 Å². The van der Waals surface area contributed by atoms with Gasteiger partial charge in [0.25, 0.3) is 0 Å². The number of hydrogen-bond donors (Lipinski definition) is 1. The Hall–Kier alpha value is -1.93. The number of methoxy groups -OCH3 is 1. The van der Waals surface area contributed by atoms with E-state index in [1.807, 2.05) is 24.6 Å². The van der Waals surface area contributed by atoms with Gasteiger partial charge in [-0.15, -0.1) is 0 Å². The van der Waals surface area contributed by atoms with Crippen molar-refractivity contribution >= 4 is 11.8 Å². The number of nitrogens with zero attached hydrogens (tertiary/aromatic N) is 3. The van der Waals surface area contributed by atoms with Gasteiger partial charge >= 0.3 is 0 Å². The number of carbonyl (C=O) groups is 2. The molecule has 1 aromatic rings. The molecule has 2 heterocycles. The zero-order valence-electron chi connectivity index (χ0n) is 14.6. The Labute approximate surface area is 141 Å². The number of amides is 2. The van der Waals surface area contributed by atoms with Crippen LogP contribution in [0, 0.1) is 13.8 Å². The maximum atomic E-state index is 12.5. The number of carbonyl (C=O) groups excluding carboxylic acids is 2. The fourth-order valence-corrected chi connectivity index (χ4v) is 3.14. The molecule has 0 bridgehead atoms. The van der Waals surface area contributed by atoms with Crippen LogP contribution in [0.1, 0.15) is 24.2 Å². The van der Waals surface area contributed by atoms with Crippen molar-refractivity contribution in [1.82, 2.24) is 14.7 Å². The minimum absolute atomic E-state index is 0.0100. The molecule has 2 rings (SSSR count). The largest absolute Gasteiger partial charge is 0.382 e. The minimum Gasteiger partial charge on any atom is -0.382 e. The lowest BCUT2D eigenvalue weighted by Gasteiger charge is -2.41. The molecule has 0 saturated carbocycles. The van der Waals surface area contributed by atoms with Crippen LogP contribution in [0.25, 0.3) is 0 Å². The van der Waals surface area contributed by atoms with Gasteiger partial charge in [0, 0.05) is 32.3 Å². The first-order valence-corrected chi connectivity index (χ1v) is 8.05. The van der Waals surface area contributed by atoms with E-state index in [1.165, 1.54) is 7.11 Å². The summed E-state index contributed by atoms with van der Waals surface area (Å²) < 4.78 is 12.8. The zero-order valence-corrected chi connectivity index (χ0v) is 14.6. The first-order chi connectivity index (χ1) is 11.3. The monoisotopic (exact) mass is 338 g/mol. The highest BCUT2D eigenvalue weighted by molar-refractivity contribution is 5.77. The third-order valence-corrected chi connectivity index (χ3v) is 4.15. The van der Waals surface area contributed by atoms with Crippen molar-refractivity contribution in [2.45, 2.75) is 38.8 Å². The predicted octanol–water partition coefficient (Wildman–Crippen LogP) is 0.00944. The maximum Gasteiger partial charge on any atom is 0.224 e. The summed E-state index contributed by atoms with van der Waals surface area (Å²) in [5.74, 6) is -0.459. The summed E-state index contributed by atoms with van der Waals surface area (Å²) in [5.41, 5.74) is 6.44. The van der Waals surface area contributed by atoms with Gasteiger partial charge in [-0.1, -0.05) is 0 Å². The topological polar surface area (TPSA) is 99.7 Å². The highest BCUT2D eigenvalue weighted by atomic mass is 16.5. The first kappa shape index (κ1) is 18.4. The van der Waals surface area contributed by atoms with Crippen LogP contribution in [0.15, 0.2) is 6.07 Å². The van der Waals surface area contributed by atoms with E-state index in [4.69, 9.17) is 15.2 Å². The third kappa shape index (κ3) is 4.55. The average molecular weight is 338 g/mol. The van der Waals surface area contributed by atoms with E-state index in [2.05, 4.69) is 5.10 Å². The number of aryl methyl sites for hydroxylation is 3.